The fraction of sp³-hybridized carbons (Fsp3) is 0.476. The first-order chi connectivity index (χ1) is 13.0. The summed E-state index contributed by atoms with van der Waals surface area (Å²) in [7, 11) is 1.35. The summed E-state index contributed by atoms with van der Waals surface area (Å²) >= 11 is 0. The standard InChI is InChI=1S/C21H26N2O4/c1-4-18(24)22-11-6-8-15(13-22)20(25)23-12-10-16-14(2)7-5-9-17(16)19(23)21(26)27-3/h4-5,7,9,15,19H,1,6,8,10-13H2,2-3H3. The van der Waals surface area contributed by atoms with Crippen molar-refractivity contribution in [2.24, 2.45) is 5.92 Å². The van der Waals surface area contributed by atoms with Gasteiger partial charge < -0.3 is 14.5 Å². The van der Waals surface area contributed by atoms with Crippen LogP contribution in [0.1, 0.15) is 35.6 Å². The van der Waals surface area contributed by atoms with Crippen LogP contribution in [0, 0.1) is 12.8 Å². The zero-order chi connectivity index (χ0) is 19.6. The predicted octanol–water partition coefficient (Wildman–Crippen LogP) is 2.02. The Hall–Kier alpha value is -2.63. The molecule has 2 amide bonds. The molecule has 2 unspecified atom stereocenters. The normalized spacial score (nSPS) is 22.0. The average molecular weight is 370 g/mol. The number of aryl methyl sites for hydroxylation is 1. The van der Waals surface area contributed by atoms with Crippen LogP contribution in [0.4, 0.5) is 0 Å². The molecule has 0 aromatic heterocycles. The highest BCUT2D eigenvalue weighted by atomic mass is 16.5. The van der Waals surface area contributed by atoms with E-state index >= 15 is 0 Å². The van der Waals surface area contributed by atoms with Gasteiger partial charge in [0, 0.05) is 19.6 Å². The predicted molar refractivity (Wildman–Crippen MR) is 101 cm³/mol. The van der Waals surface area contributed by atoms with Crippen molar-refractivity contribution in [2.45, 2.75) is 32.2 Å². The fourth-order valence-electron chi connectivity index (χ4n) is 4.20. The second-order valence-electron chi connectivity index (χ2n) is 7.18. The first-order valence-corrected chi connectivity index (χ1v) is 9.36. The lowest BCUT2D eigenvalue weighted by atomic mass is 9.87. The molecular weight excluding hydrogens is 344 g/mol. The van der Waals surface area contributed by atoms with E-state index in [0.717, 1.165) is 23.1 Å². The number of piperidine rings is 1. The molecule has 2 heterocycles. The van der Waals surface area contributed by atoms with Crippen LogP contribution in [0.15, 0.2) is 30.9 Å². The number of ether oxygens (including phenoxy) is 1. The molecule has 3 rings (SSSR count). The lowest BCUT2D eigenvalue weighted by molar-refractivity contribution is -0.156. The third-order valence-corrected chi connectivity index (χ3v) is 5.62. The second-order valence-corrected chi connectivity index (χ2v) is 7.18. The number of esters is 1. The number of nitrogens with zero attached hydrogens (tertiary/aromatic N) is 2. The number of amides is 2. The highest BCUT2D eigenvalue weighted by Crippen LogP contribution is 2.34. The Morgan fingerprint density at radius 3 is 2.74 bits per heavy atom. The van der Waals surface area contributed by atoms with Crippen molar-refractivity contribution in [3.05, 3.63) is 47.5 Å². The van der Waals surface area contributed by atoms with Crippen molar-refractivity contribution in [3.8, 4) is 0 Å². The van der Waals surface area contributed by atoms with Gasteiger partial charge in [0.2, 0.25) is 11.8 Å². The smallest absolute Gasteiger partial charge is 0.333 e. The third kappa shape index (κ3) is 3.61. The Balaban J connectivity index is 1.88. The first kappa shape index (κ1) is 19.1. The van der Waals surface area contributed by atoms with Crippen LogP contribution in [0.5, 0.6) is 0 Å². The van der Waals surface area contributed by atoms with E-state index in [9.17, 15) is 14.4 Å². The molecule has 6 heteroatoms. The highest BCUT2D eigenvalue weighted by molar-refractivity contribution is 5.90. The summed E-state index contributed by atoms with van der Waals surface area (Å²) in [6.07, 6.45) is 3.47. The number of fused-ring (bicyclic) bond motifs is 1. The number of carbonyl (C=O) groups is 3. The van der Waals surface area contributed by atoms with Crippen molar-refractivity contribution in [1.29, 1.82) is 0 Å². The van der Waals surface area contributed by atoms with E-state index in [1.54, 1.807) is 9.80 Å². The fourth-order valence-corrected chi connectivity index (χ4v) is 4.20. The number of likely N-dealkylation sites (tertiary alicyclic amines) is 1. The van der Waals surface area contributed by atoms with Crippen LogP contribution in [0.2, 0.25) is 0 Å². The lowest BCUT2D eigenvalue weighted by Crippen LogP contribution is -2.50. The van der Waals surface area contributed by atoms with Gasteiger partial charge in [-0.05, 0) is 49.0 Å². The lowest BCUT2D eigenvalue weighted by Gasteiger charge is -2.40. The van der Waals surface area contributed by atoms with Gasteiger partial charge in [-0.3, -0.25) is 9.59 Å². The van der Waals surface area contributed by atoms with Crippen molar-refractivity contribution >= 4 is 17.8 Å². The molecule has 6 nitrogen and oxygen atoms in total. The molecule has 2 aliphatic rings. The Morgan fingerprint density at radius 1 is 1.26 bits per heavy atom. The molecule has 2 aliphatic heterocycles. The van der Waals surface area contributed by atoms with Crippen LogP contribution < -0.4 is 0 Å². The Morgan fingerprint density at radius 2 is 2.04 bits per heavy atom. The maximum atomic E-state index is 13.3. The highest BCUT2D eigenvalue weighted by Gasteiger charge is 2.40. The van der Waals surface area contributed by atoms with Crippen LogP contribution in [-0.4, -0.2) is 54.3 Å². The van der Waals surface area contributed by atoms with E-state index in [1.165, 1.54) is 13.2 Å². The molecule has 0 radical (unpaired) electrons. The van der Waals surface area contributed by atoms with E-state index in [-0.39, 0.29) is 17.7 Å². The molecule has 0 saturated carbocycles. The molecule has 2 atom stereocenters. The summed E-state index contributed by atoms with van der Waals surface area (Å²) in [5, 5.41) is 0. The van der Waals surface area contributed by atoms with E-state index in [0.29, 0.717) is 32.5 Å². The average Bonchev–Trinajstić information content (AvgIpc) is 2.71. The molecular formula is C21H26N2O4. The summed E-state index contributed by atoms with van der Waals surface area (Å²) in [6.45, 7) is 7.03. The molecule has 27 heavy (non-hydrogen) atoms. The minimum atomic E-state index is -0.725. The molecule has 1 fully saturated rings. The Kier molecular flexibility index (Phi) is 5.63. The number of carbonyl (C=O) groups excluding carboxylic acids is 3. The minimum absolute atomic E-state index is 0.0841. The molecule has 1 aromatic rings. The van der Waals surface area contributed by atoms with E-state index < -0.39 is 12.0 Å². The summed E-state index contributed by atoms with van der Waals surface area (Å²) < 4.78 is 5.02. The number of rotatable bonds is 3. The molecule has 0 spiro atoms. The van der Waals surface area contributed by atoms with Crippen molar-refractivity contribution in [2.75, 3.05) is 26.7 Å². The van der Waals surface area contributed by atoms with Gasteiger partial charge in [-0.25, -0.2) is 4.79 Å². The molecule has 0 N–H and O–H groups in total. The molecule has 1 saturated heterocycles. The number of hydrogen-bond acceptors (Lipinski definition) is 4. The van der Waals surface area contributed by atoms with Gasteiger partial charge in [0.05, 0.1) is 13.0 Å². The zero-order valence-corrected chi connectivity index (χ0v) is 15.9. The van der Waals surface area contributed by atoms with Gasteiger partial charge in [-0.1, -0.05) is 24.8 Å². The maximum absolute atomic E-state index is 13.3. The third-order valence-electron chi connectivity index (χ3n) is 5.62. The number of benzene rings is 1. The summed E-state index contributed by atoms with van der Waals surface area (Å²) in [5.74, 6) is -0.971. The van der Waals surface area contributed by atoms with Crippen LogP contribution in [0.3, 0.4) is 0 Å². The minimum Gasteiger partial charge on any atom is -0.467 e. The topological polar surface area (TPSA) is 66.9 Å². The maximum Gasteiger partial charge on any atom is 0.333 e. The van der Waals surface area contributed by atoms with Crippen LogP contribution in [0.25, 0.3) is 0 Å². The van der Waals surface area contributed by atoms with Gasteiger partial charge in [0.25, 0.3) is 0 Å². The van der Waals surface area contributed by atoms with Crippen LogP contribution >= 0.6 is 0 Å². The molecule has 0 aliphatic carbocycles. The van der Waals surface area contributed by atoms with Gasteiger partial charge in [-0.2, -0.15) is 0 Å². The number of methoxy groups -OCH3 is 1. The Labute approximate surface area is 159 Å². The van der Waals surface area contributed by atoms with Gasteiger partial charge in [0.15, 0.2) is 6.04 Å². The van der Waals surface area contributed by atoms with Crippen molar-refractivity contribution < 1.29 is 19.1 Å². The quantitative estimate of drug-likeness (QED) is 0.603. The molecule has 1 aromatic carbocycles. The summed E-state index contributed by atoms with van der Waals surface area (Å²) in [5.41, 5.74) is 3.08. The monoisotopic (exact) mass is 370 g/mol. The van der Waals surface area contributed by atoms with Gasteiger partial charge >= 0.3 is 5.97 Å². The van der Waals surface area contributed by atoms with E-state index in [4.69, 9.17) is 4.74 Å². The number of hydrogen-bond donors (Lipinski definition) is 0. The van der Waals surface area contributed by atoms with Gasteiger partial charge in [-0.15, -0.1) is 0 Å². The van der Waals surface area contributed by atoms with Gasteiger partial charge in [0.1, 0.15) is 0 Å². The zero-order valence-electron chi connectivity index (χ0n) is 15.9. The van der Waals surface area contributed by atoms with E-state index in [1.807, 2.05) is 25.1 Å². The molecule has 144 valence electrons. The SMILES string of the molecule is C=CC(=O)N1CCCC(C(=O)N2CCc3c(C)cccc3C2C(=O)OC)C1. The largest absolute Gasteiger partial charge is 0.467 e. The van der Waals surface area contributed by atoms with Crippen LogP contribution in [-0.2, 0) is 25.5 Å². The molecule has 0 bridgehead atoms. The Bertz CT molecular complexity index is 773. The summed E-state index contributed by atoms with van der Waals surface area (Å²) in [4.78, 5) is 41.1. The van der Waals surface area contributed by atoms with E-state index in [2.05, 4.69) is 6.58 Å². The summed E-state index contributed by atoms with van der Waals surface area (Å²) in [6, 6.07) is 5.10. The first-order valence-electron chi connectivity index (χ1n) is 9.36. The second kappa shape index (κ2) is 7.94. The van der Waals surface area contributed by atoms with Crippen molar-refractivity contribution in [1.82, 2.24) is 9.80 Å². The van der Waals surface area contributed by atoms with Crippen molar-refractivity contribution in [3.63, 3.8) is 0 Å².